The van der Waals surface area contributed by atoms with Gasteiger partial charge in [-0.3, -0.25) is 19.3 Å². The highest BCUT2D eigenvalue weighted by molar-refractivity contribution is 9.10. The van der Waals surface area contributed by atoms with Crippen molar-refractivity contribution in [1.82, 2.24) is 15.1 Å². The summed E-state index contributed by atoms with van der Waals surface area (Å²) in [6.07, 6.45) is 0.886. The summed E-state index contributed by atoms with van der Waals surface area (Å²) >= 11 is 3.29. The van der Waals surface area contributed by atoms with Crippen molar-refractivity contribution in [2.45, 2.75) is 12.5 Å². The lowest BCUT2D eigenvalue weighted by Crippen LogP contribution is -2.45. The number of carbonyl (C=O) groups is 3. The second kappa shape index (κ2) is 5.81. The normalized spacial score (nSPS) is 20.5. The number of nitrogens with one attached hydrogen (secondary N) is 1. The molecule has 3 amide bonds. The quantitative estimate of drug-likeness (QED) is 0.806. The molecular formula is C15H16BrN3O3. The number of nitrogens with zero attached hydrogens (tertiary/aromatic N) is 2. The summed E-state index contributed by atoms with van der Waals surface area (Å²) in [5.74, 6) is -1.03. The Morgan fingerprint density at radius 3 is 2.77 bits per heavy atom. The molecule has 0 radical (unpaired) electrons. The number of halogens is 1. The highest BCUT2D eigenvalue weighted by atomic mass is 79.9. The van der Waals surface area contributed by atoms with E-state index >= 15 is 0 Å². The first-order valence-electron chi connectivity index (χ1n) is 7.11. The van der Waals surface area contributed by atoms with Gasteiger partial charge in [-0.25, -0.2) is 0 Å². The minimum atomic E-state index is -0.410. The largest absolute Gasteiger partial charge is 0.340 e. The van der Waals surface area contributed by atoms with Crippen LogP contribution in [0.15, 0.2) is 22.7 Å². The van der Waals surface area contributed by atoms with E-state index < -0.39 is 11.8 Å². The molecule has 1 unspecified atom stereocenters. The summed E-state index contributed by atoms with van der Waals surface area (Å²) in [6, 6.07) is 5.06. The van der Waals surface area contributed by atoms with Crippen LogP contribution in [0.5, 0.6) is 0 Å². The van der Waals surface area contributed by atoms with Crippen LogP contribution in [-0.2, 0) is 4.79 Å². The van der Waals surface area contributed by atoms with Gasteiger partial charge in [0.05, 0.1) is 11.1 Å². The fourth-order valence-electron chi connectivity index (χ4n) is 2.83. The lowest BCUT2D eigenvalue weighted by atomic mass is 10.1. The summed E-state index contributed by atoms with van der Waals surface area (Å²) in [5.41, 5.74) is 0.698. The zero-order valence-corrected chi connectivity index (χ0v) is 13.7. The van der Waals surface area contributed by atoms with Crippen LogP contribution in [0.4, 0.5) is 0 Å². The molecule has 7 heteroatoms. The summed E-state index contributed by atoms with van der Waals surface area (Å²) in [4.78, 5) is 39.6. The van der Waals surface area contributed by atoms with Crippen LogP contribution >= 0.6 is 15.9 Å². The first-order chi connectivity index (χ1) is 10.5. The van der Waals surface area contributed by atoms with Gasteiger partial charge in [0.25, 0.3) is 11.8 Å². The lowest BCUT2D eigenvalue weighted by molar-refractivity contribution is -0.131. The second-order valence-corrected chi connectivity index (χ2v) is 6.45. The van der Waals surface area contributed by atoms with E-state index in [-0.39, 0.29) is 18.5 Å². The maximum absolute atomic E-state index is 12.3. The van der Waals surface area contributed by atoms with Crippen LogP contribution in [0.2, 0.25) is 0 Å². The topological polar surface area (TPSA) is 69.7 Å². The predicted molar refractivity (Wildman–Crippen MR) is 83.6 cm³/mol. The Balaban J connectivity index is 1.75. The first-order valence-corrected chi connectivity index (χ1v) is 7.90. The van der Waals surface area contributed by atoms with Crippen molar-refractivity contribution in [3.05, 3.63) is 33.8 Å². The molecule has 2 aliphatic heterocycles. The lowest BCUT2D eigenvalue weighted by Gasteiger charge is -2.25. The molecule has 0 bridgehead atoms. The Hall–Kier alpha value is -1.73. The van der Waals surface area contributed by atoms with Gasteiger partial charge in [-0.15, -0.1) is 0 Å². The van der Waals surface area contributed by atoms with Gasteiger partial charge in [0.2, 0.25) is 5.91 Å². The van der Waals surface area contributed by atoms with Crippen LogP contribution in [0.1, 0.15) is 27.1 Å². The van der Waals surface area contributed by atoms with Gasteiger partial charge < -0.3 is 10.2 Å². The summed E-state index contributed by atoms with van der Waals surface area (Å²) in [7, 11) is 1.72. The Kier molecular flexibility index (Phi) is 4.01. The third-order valence-corrected chi connectivity index (χ3v) is 4.69. The molecular weight excluding hydrogens is 350 g/mol. The Bertz CT molecular complexity index is 655. The van der Waals surface area contributed by atoms with E-state index in [1.807, 2.05) is 0 Å². The third kappa shape index (κ3) is 2.55. The number of carbonyl (C=O) groups excluding carboxylic acids is 3. The molecule has 0 aromatic heterocycles. The number of fused-ring (bicyclic) bond motifs is 1. The van der Waals surface area contributed by atoms with E-state index in [9.17, 15) is 14.4 Å². The smallest absolute Gasteiger partial charge is 0.262 e. The predicted octanol–water partition coefficient (Wildman–Crippen LogP) is 0.865. The number of imide groups is 1. The van der Waals surface area contributed by atoms with Gasteiger partial charge in [-0.05, 0) is 31.2 Å². The minimum Gasteiger partial charge on any atom is -0.340 e. The van der Waals surface area contributed by atoms with E-state index in [4.69, 9.17) is 0 Å². The molecule has 1 aromatic rings. The highest BCUT2D eigenvalue weighted by Crippen LogP contribution is 2.26. The van der Waals surface area contributed by atoms with Crippen molar-refractivity contribution >= 4 is 33.7 Å². The number of likely N-dealkylation sites (N-methyl/N-ethyl adjacent to an activating group) is 1. The molecule has 1 atom stereocenters. The van der Waals surface area contributed by atoms with E-state index in [1.165, 1.54) is 0 Å². The molecule has 0 spiro atoms. The van der Waals surface area contributed by atoms with Gasteiger partial charge in [0.15, 0.2) is 0 Å². The number of hydrogen-bond donors (Lipinski definition) is 1. The van der Waals surface area contributed by atoms with Crippen LogP contribution in [0, 0.1) is 0 Å². The van der Waals surface area contributed by atoms with Crippen LogP contribution < -0.4 is 5.32 Å². The second-order valence-electron chi connectivity index (χ2n) is 5.54. The third-order valence-electron chi connectivity index (χ3n) is 4.20. The zero-order chi connectivity index (χ0) is 15.9. The fraction of sp³-hybridized carbons (Fsp3) is 0.400. The molecule has 6 nitrogen and oxygen atoms in total. The van der Waals surface area contributed by atoms with Crippen LogP contribution in [0.25, 0.3) is 0 Å². The molecule has 3 rings (SSSR count). The standard InChI is InChI=1S/C15H16BrN3O3/c1-18(10-4-5-17-7-10)13(20)8-19-14(21)11-3-2-9(16)6-12(11)15(19)22/h2-3,6,10,17H,4-5,7-8H2,1H3. The van der Waals surface area contributed by atoms with Crippen LogP contribution in [-0.4, -0.2) is 60.2 Å². The molecule has 1 saturated heterocycles. The van der Waals surface area contributed by atoms with Crippen molar-refractivity contribution in [3.8, 4) is 0 Å². The Morgan fingerprint density at radius 1 is 1.36 bits per heavy atom. The van der Waals surface area contributed by atoms with Gasteiger partial charge in [0, 0.05) is 24.1 Å². The molecule has 0 aliphatic carbocycles. The Labute approximate surface area is 136 Å². The van der Waals surface area contributed by atoms with E-state index in [2.05, 4.69) is 21.2 Å². The minimum absolute atomic E-state index is 0.122. The Morgan fingerprint density at radius 2 is 2.09 bits per heavy atom. The molecule has 2 aliphatic rings. The van der Waals surface area contributed by atoms with E-state index in [1.54, 1.807) is 30.1 Å². The number of amides is 3. The molecule has 1 fully saturated rings. The summed E-state index contributed by atoms with van der Waals surface area (Å²) in [6.45, 7) is 1.41. The monoisotopic (exact) mass is 365 g/mol. The maximum Gasteiger partial charge on any atom is 0.262 e. The highest BCUT2D eigenvalue weighted by Gasteiger charge is 2.37. The molecule has 1 aromatic carbocycles. The zero-order valence-electron chi connectivity index (χ0n) is 12.1. The number of rotatable bonds is 3. The molecule has 22 heavy (non-hydrogen) atoms. The number of benzene rings is 1. The fourth-order valence-corrected chi connectivity index (χ4v) is 3.19. The van der Waals surface area contributed by atoms with Crippen molar-refractivity contribution < 1.29 is 14.4 Å². The van der Waals surface area contributed by atoms with Gasteiger partial charge in [-0.1, -0.05) is 15.9 Å². The molecule has 116 valence electrons. The van der Waals surface area contributed by atoms with E-state index in [0.29, 0.717) is 11.1 Å². The van der Waals surface area contributed by atoms with Gasteiger partial charge in [0.1, 0.15) is 6.54 Å². The van der Waals surface area contributed by atoms with Crippen LogP contribution in [0.3, 0.4) is 0 Å². The van der Waals surface area contributed by atoms with E-state index in [0.717, 1.165) is 28.9 Å². The molecule has 2 heterocycles. The molecule has 0 saturated carbocycles. The number of hydrogen-bond acceptors (Lipinski definition) is 4. The average molecular weight is 366 g/mol. The summed E-state index contributed by atoms with van der Waals surface area (Å²) in [5, 5.41) is 3.19. The first kappa shape index (κ1) is 15.2. The summed E-state index contributed by atoms with van der Waals surface area (Å²) < 4.78 is 0.731. The SMILES string of the molecule is CN(C(=O)CN1C(=O)c2ccc(Br)cc2C1=O)C1CCNC1. The van der Waals surface area contributed by atoms with Crippen molar-refractivity contribution in [2.24, 2.45) is 0 Å². The van der Waals surface area contributed by atoms with Crippen molar-refractivity contribution in [2.75, 3.05) is 26.7 Å². The van der Waals surface area contributed by atoms with Gasteiger partial charge >= 0.3 is 0 Å². The maximum atomic E-state index is 12.3. The van der Waals surface area contributed by atoms with Crippen molar-refractivity contribution in [3.63, 3.8) is 0 Å². The average Bonchev–Trinajstić information content (AvgIpc) is 3.10. The molecule has 1 N–H and O–H groups in total. The van der Waals surface area contributed by atoms with Crippen molar-refractivity contribution in [1.29, 1.82) is 0 Å². The van der Waals surface area contributed by atoms with Gasteiger partial charge in [-0.2, -0.15) is 0 Å².